The van der Waals surface area contributed by atoms with Gasteiger partial charge in [-0.3, -0.25) is 4.79 Å². The third-order valence-corrected chi connectivity index (χ3v) is 5.73. The van der Waals surface area contributed by atoms with E-state index in [9.17, 15) is 15.0 Å². The molecule has 0 bridgehead atoms. The van der Waals surface area contributed by atoms with Crippen molar-refractivity contribution in [2.24, 2.45) is 0 Å². The second-order valence-corrected chi connectivity index (χ2v) is 10.9. The van der Waals surface area contributed by atoms with Gasteiger partial charge in [0.1, 0.15) is 12.4 Å². The summed E-state index contributed by atoms with van der Waals surface area (Å²) in [5, 5.41) is 20.9. The molecule has 0 aromatic heterocycles. The van der Waals surface area contributed by atoms with Gasteiger partial charge in [-0.05, 0) is 40.4 Å². The summed E-state index contributed by atoms with van der Waals surface area (Å²) in [5.41, 5.74) is 2.44. The summed E-state index contributed by atoms with van der Waals surface area (Å²) in [6.07, 6.45) is 7.99. The van der Waals surface area contributed by atoms with Crippen LogP contribution in [0.1, 0.15) is 117 Å². The van der Waals surface area contributed by atoms with E-state index < -0.39 is 6.10 Å². The highest BCUT2D eigenvalue weighted by molar-refractivity contribution is 5.69. The molecule has 178 valence electrons. The van der Waals surface area contributed by atoms with E-state index in [1.54, 1.807) is 0 Å². The first kappa shape index (κ1) is 27.5. The van der Waals surface area contributed by atoms with E-state index in [4.69, 9.17) is 4.74 Å². The Morgan fingerprint density at radius 1 is 0.935 bits per heavy atom. The Bertz CT molecular complexity index is 644. The zero-order valence-corrected chi connectivity index (χ0v) is 21.0. The molecule has 31 heavy (non-hydrogen) atoms. The molecule has 1 aromatic carbocycles. The molecule has 1 aromatic rings. The van der Waals surface area contributed by atoms with Crippen LogP contribution in [0.3, 0.4) is 0 Å². The number of rotatable bonds is 12. The number of ether oxygens (including phenoxy) is 1. The van der Waals surface area contributed by atoms with Gasteiger partial charge in [0.15, 0.2) is 0 Å². The van der Waals surface area contributed by atoms with Crippen LogP contribution >= 0.6 is 0 Å². The van der Waals surface area contributed by atoms with E-state index in [-0.39, 0.29) is 29.8 Å². The number of esters is 1. The lowest BCUT2D eigenvalue weighted by Gasteiger charge is -2.28. The van der Waals surface area contributed by atoms with Crippen LogP contribution in [0.5, 0.6) is 5.75 Å². The van der Waals surface area contributed by atoms with E-state index in [2.05, 4.69) is 48.5 Å². The van der Waals surface area contributed by atoms with Gasteiger partial charge in [-0.1, -0.05) is 99.1 Å². The molecule has 0 saturated carbocycles. The van der Waals surface area contributed by atoms with Gasteiger partial charge in [-0.2, -0.15) is 0 Å². The van der Waals surface area contributed by atoms with E-state index in [0.717, 1.165) is 29.5 Å². The Balaban J connectivity index is 2.58. The summed E-state index contributed by atoms with van der Waals surface area (Å²) >= 11 is 0. The highest BCUT2D eigenvalue weighted by Gasteiger charge is 2.26. The Morgan fingerprint density at radius 3 is 1.97 bits per heavy atom. The second kappa shape index (κ2) is 12.5. The predicted octanol–water partition coefficient (Wildman–Crippen LogP) is 6.57. The van der Waals surface area contributed by atoms with E-state index in [1.165, 1.54) is 25.7 Å². The van der Waals surface area contributed by atoms with Gasteiger partial charge in [-0.25, -0.2) is 0 Å². The topological polar surface area (TPSA) is 66.8 Å². The van der Waals surface area contributed by atoms with Crippen LogP contribution in [-0.4, -0.2) is 28.9 Å². The number of hydrogen-bond acceptors (Lipinski definition) is 4. The van der Waals surface area contributed by atoms with E-state index >= 15 is 0 Å². The van der Waals surface area contributed by atoms with Crippen molar-refractivity contribution >= 4 is 5.97 Å². The van der Waals surface area contributed by atoms with Crippen LogP contribution in [0.4, 0.5) is 0 Å². The maximum atomic E-state index is 12.2. The number of phenols is 1. The molecular weight excluding hydrogens is 388 g/mol. The van der Waals surface area contributed by atoms with Crippen LogP contribution < -0.4 is 0 Å². The number of carbonyl (C=O) groups is 1. The summed E-state index contributed by atoms with van der Waals surface area (Å²) in [4.78, 5) is 12.2. The van der Waals surface area contributed by atoms with Gasteiger partial charge in [0.25, 0.3) is 0 Å². The third-order valence-electron chi connectivity index (χ3n) is 5.73. The van der Waals surface area contributed by atoms with Crippen LogP contribution in [-0.2, 0) is 26.8 Å². The lowest BCUT2D eigenvalue weighted by molar-refractivity contribution is -0.146. The maximum absolute atomic E-state index is 12.2. The quantitative estimate of drug-likeness (QED) is 0.288. The highest BCUT2D eigenvalue weighted by atomic mass is 16.5. The molecule has 4 heteroatoms. The molecule has 1 atom stereocenters. The number of benzene rings is 1. The fraction of sp³-hybridized carbons (Fsp3) is 0.741. The zero-order valence-electron chi connectivity index (χ0n) is 21.0. The molecule has 0 aliphatic heterocycles. The molecule has 0 radical (unpaired) electrons. The van der Waals surface area contributed by atoms with Crippen molar-refractivity contribution < 1.29 is 19.7 Å². The molecule has 0 amide bonds. The molecule has 0 spiro atoms. The first-order chi connectivity index (χ1) is 14.4. The van der Waals surface area contributed by atoms with Crippen LogP contribution in [0.2, 0.25) is 0 Å². The zero-order chi connectivity index (χ0) is 23.7. The van der Waals surface area contributed by atoms with Gasteiger partial charge < -0.3 is 14.9 Å². The van der Waals surface area contributed by atoms with Gasteiger partial charge in [0.2, 0.25) is 0 Å². The summed E-state index contributed by atoms with van der Waals surface area (Å²) in [6, 6.07) is 4.01. The SMILES string of the molecule is CCCCCCCCC(O)COC(=O)CCc1cc(C(C)(C)C)c(O)c(C(C)(C)C)c1. The van der Waals surface area contributed by atoms with Crippen molar-refractivity contribution in [2.45, 2.75) is 123 Å². The fourth-order valence-electron chi connectivity index (χ4n) is 3.73. The molecule has 4 nitrogen and oxygen atoms in total. The third kappa shape index (κ3) is 10.1. The van der Waals surface area contributed by atoms with E-state index in [1.807, 2.05) is 12.1 Å². The fourth-order valence-corrected chi connectivity index (χ4v) is 3.73. The minimum atomic E-state index is -0.580. The van der Waals surface area contributed by atoms with Gasteiger partial charge in [0.05, 0.1) is 6.10 Å². The smallest absolute Gasteiger partial charge is 0.306 e. The number of unbranched alkanes of at least 4 members (excludes halogenated alkanes) is 5. The van der Waals surface area contributed by atoms with Crippen molar-refractivity contribution in [3.63, 3.8) is 0 Å². The Morgan fingerprint density at radius 2 is 1.45 bits per heavy atom. The first-order valence-corrected chi connectivity index (χ1v) is 12.1. The summed E-state index contributed by atoms with van der Waals surface area (Å²) in [5.74, 6) is 0.0637. The summed E-state index contributed by atoms with van der Waals surface area (Å²) < 4.78 is 5.30. The molecule has 0 saturated heterocycles. The lowest BCUT2D eigenvalue weighted by Crippen LogP contribution is -2.19. The van der Waals surface area contributed by atoms with Crippen LogP contribution in [0.25, 0.3) is 0 Å². The standard InChI is InChI=1S/C27H46O4/c1-8-9-10-11-12-13-14-21(28)19-31-24(29)16-15-20-17-22(26(2,3)4)25(30)23(18-20)27(5,6)7/h17-18,21,28,30H,8-16,19H2,1-7H3. The van der Waals surface area contributed by atoms with Crippen LogP contribution in [0, 0.1) is 0 Å². The number of phenolic OH excluding ortho intramolecular Hbond substituents is 1. The number of aromatic hydroxyl groups is 1. The monoisotopic (exact) mass is 434 g/mol. The molecular formula is C27H46O4. The second-order valence-electron chi connectivity index (χ2n) is 10.9. The lowest BCUT2D eigenvalue weighted by atomic mass is 9.78. The number of aliphatic hydroxyl groups excluding tert-OH is 1. The normalized spacial score (nSPS) is 13.3. The largest absolute Gasteiger partial charge is 0.507 e. The van der Waals surface area contributed by atoms with Gasteiger partial charge in [0, 0.05) is 6.42 Å². The van der Waals surface area contributed by atoms with Gasteiger partial charge >= 0.3 is 5.97 Å². The van der Waals surface area contributed by atoms with Crippen LogP contribution in [0.15, 0.2) is 12.1 Å². The highest BCUT2D eigenvalue weighted by Crippen LogP contribution is 2.40. The number of aryl methyl sites for hydroxylation is 1. The minimum Gasteiger partial charge on any atom is -0.507 e. The van der Waals surface area contributed by atoms with Crippen molar-refractivity contribution in [1.29, 1.82) is 0 Å². The first-order valence-electron chi connectivity index (χ1n) is 12.1. The van der Waals surface area contributed by atoms with Crippen molar-refractivity contribution in [1.82, 2.24) is 0 Å². The van der Waals surface area contributed by atoms with Crippen molar-refractivity contribution in [3.8, 4) is 5.75 Å². The Kier molecular flexibility index (Phi) is 11.1. The van der Waals surface area contributed by atoms with Crippen molar-refractivity contribution in [2.75, 3.05) is 6.61 Å². The average molecular weight is 435 g/mol. The minimum absolute atomic E-state index is 0.0733. The number of aliphatic hydroxyl groups is 1. The molecule has 0 aliphatic carbocycles. The number of carbonyl (C=O) groups excluding carboxylic acids is 1. The van der Waals surface area contributed by atoms with Crippen molar-refractivity contribution in [3.05, 3.63) is 28.8 Å². The Hall–Kier alpha value is -1.55. The molecule has 1 rings (SSSR count). The molecule has 0 heterocycles. The number of hydrogen-bond donors (Lipinski definition) is 2. The van der Waals surface area contributed by atoms with Gasteiger partial charge in [-0.15, -0.1) is 0 Å². The molecule has 0 aliphatic rings. The average Bonchev–Trinajstić information content (AvgIpc) is 2.66. The Labute approximate surface area is 190 Å². The predicted molar refractivity (Wildman–Crippen MR) is 129 cm³/mol. The molecule has 1 unspecified atom stereocenters. The summed E-state index contributed by atoms with van der Waals surface area (Å²) in [6.45, 7) is 14.8. The maximum Gasteiger partial charge on any atom is 0.306 e. The molecule has 0 fully saturated rings. The molecule has 2 N–H and O–H groups in total. The summed E-state index contributed by atoms with van der Waals surface area (Å²) in [7, 11) is 0. The van der Waals surface area contributed by atoms with E-state index in [0.29, 0.717) is 18.6 Å².